The minimum atomic E-state index is -4.12. The van der Waals surface area contributed by atoms with Crippen LogP contribution in [0.1, 0.15) is 31.4 Å². The summed E-state index contributed by atoms with van der Waals surface area (Å²) in [5.41, 5.74) is 7.18. The molecule has 0 amide bonds. The summed E-state index contributed by atoms with van der Waals surface area (Å²) >= 11 is 0. The minimum Gasteiger partial charge on any atom is -0.460 e. The Morgan fingerprint density at radius 2 is 2.05 bits per heavy atom. The molecule has 0 spiro atoms. The molecule has 39 heavy (non-hydrogen) atoms. The predicted molar refractivity (Wildman–Crippen MR) is 141 cm³/mol. The van der Waals surface area contributed by atoms with Crippen LogP contribution >= 0.6 is 7.75 Å². The third-order valence-electron chi connectivity index (χ3n) is 7.12. The molecule has 1 unspecified atom stereocenters. The van der Waals surface area contributed by atoms with E-state index in [1.54, 1.807) is 47.0 Å². The lowest BCUT2D eigenvalue weighted by Gasteiger charge is -2.25. The van der Waals surface area contributed by atoms with E-state index in [4.69, 9.17) is 19.5 Å². The number of nitrogens with two attached hydrogens (primary N) is 1. The van der Waals surface area contributed by atoms with E-state index in [-0.39, 0.29) is 18.5 Å². The second-order valence-electron chi connectivity index (χ2n) is 9.88. The van der Waals surface area contributed by atoms with Crippen molar-refractivity contribution in [3.05, 3.63) is 54.5 Å². The van der Waals surface area contributed by atoms with E-state index >= 15 is 0 Å². The molecule has 6 N–H and O–H groups in total. The molecule has 5 rings (SSSR count). The van der Waals surface area contributed by atoms with Crippen LogP contribution in [0.2, 0.25) is 0 Å². The molecule has 1 saturated carbocycles. The van der Waals surface area contributed by atoms with Crippen molar-refractivity contribution in [2.24, 2.45) is 5.92 Å². The van der Waals surface area contributed by atoms with Crippen molar-refractivity contribution in [2.75, 3.05) is 25.4 Å². The number of aliphatic hydroxyl groups excluding tert-OH is 2. The Morgan fingerprint density at radius 1 is 1.26 bits per heavy atom. The number of carbonyl (C=O) groups is 1. The van der Waals surface area contributed by atoms with Gasteiger partial charge < -0.3 is 30.5 Å². The zero-order valence-electron chi connectivity index (χ0n) is 21.4. The van der Waals surface area contributed by atoms with Crippen molar-refractivity contribution in [3.63, 3.8) is 0 Å². The first-order valence-electron chi connectivity index (χ1n) is 12.9. The predicted octanol–water partition coefficient (Wildman–Crippen LogP) is 1.22. The molecule has 2 aliphatic rings. The third-order valence-corrected chi connectivity index (χ3v) is 8.77. The van der Waals surface area contributed by atoms with Crippen molar-refractivity contribution in [2.45, 2.75) is 50.0 Å². The molecular formula is C25H33N6O7P. The number of anilines is 1. The van der Waals surface area contributed by atoms with Gasteiger partial charge in [0.05, 0.1) is 18.8 Å². The molecule has 1 aliphatic heterocycles. The number of hydrogen-bond acceptors (Lipinski definition) is 11. The van der Waals surface area contributed by atoms with Crippen LogP contribution in [0, 0.1) is 5.92 Å². The van der Waals surface area contributed by atoms with Gasteiger partial charge in [-0.2, -0.15) is 10.2 Å². The molecule has 2 fully saturated rings. The maximum Gasteiger partial charge on any atom is 0.459 e. The Kier molecular flexibility index (Phi) is 8.17. The quantitative estimate of drug-likeness (QED) is 0.177. The normalized spacial score (nSPS) is 27.3. The molecule has 2 aromatic heterocycles. The summed E-state index contributed by atoms with van der Waals surface area (Å²) < 4.78 is 32.4. The van der Waals surface area contributed by atoms with Gasteiger partial charge in [-0.25, -0.2) is 14.1 Å². The van der Waals surface area contributed by atoms with Crippen LogP contribution in [0.25, 0.3) is 5.52 Å². The van der Waals surface area contributed by atoms with E-state index in [1.165, 1.54) is 13.3 Å². The van der Waals surface area contributed by atoms with Crippen LogP contribution < -0.4 is 20.7 Å². The number of hydrogen-bond donors (Lipinski definition) is 5. The van der Waals surface area contributed by atoms with Crippen molar-refractivity contribution in [1.29, 1.82) is 0 Å². The fourth-order valence-electron chi connectivity index (χ4n) is 5.03. The Balaban J connectivity index is 1.29. The van der Waals surface area contributed by atoms with E-state index in [9.17, 15) is 19.6 Å². The lowest BCUT2D eigenvalue weighted by molar-refractivity contribution is -0.149. The number of nitrogens with one attached hydrogen (secondary N) is 2. The Labute approximate surface area is 225 Å². The molecule has 14 heteroatoms. The number of aliphatic hydroxyl groups is 2. The number of ether oxygens (including phenoxy) is 1. The summed E-state index contributed by atoms with van der Waals surface area (Å²) in [5, 5.41) is 31.7. The maximum atomic E-state index is 13.8. The number of carbonyl (C=O) groups excluding carboxylic acids is 1. The molecule has 0 radical (unpaired) electrons. The summed E-state index contributed by atoms with van der Waals surface area (Å²) in [6.07, 6.45) is -0.203. The number of nitrogens with zero attached hydrogens (tertiary/aromatic N) is 3. The first kappa shape index (κ1) is 27.5. The van der Waals surface area contributed by atoms with Crippen LogP contribution in [0.5, 0.6) is 5.75 Å². The number of para-hydroxylation sites is 1. The van der Waals surface area contributed by atoms with Crippen LogP contribution in [-0.4, -0.2) is 74.8 Å². The van der Waals surface area contributed by atoms with Crippen LogP contribution in [0.3, 0.4) is 0 Å². The Hall–Kier alpha value is -3.06. The first-order valence-corrected chi connectivity index (χ1v) is 14.4. The number of esters is 1. The molecule has 7 atom stereocenters. The second kappa shape index (κ2) is 11.6. The van der Waals surface area contributed by atoms with Gasteiger partial charge in [0.15, 0.2) is 5.82 Å². The molecular weight excluding hydrogens is 527 g/mol. The van der Waals surface area contributed by atoms with Crippen LogP contribution in [0.4, 0.5) is 5.82 Å². The lowest BCUT2D eigenvalue weighted by atomic mass is 10.0. The molecule has 1 aliphatic carbocycles. The van der Waals surface area contributed by atoms with Gasteiger partial charge in [0, 0.05) is 24.1 Å². The summed E-state index contributed by atoms with van der Waals surface area (Å²) in [6.45, 7) is 2.63. The Bertz CT molecular complexity index is 1330. The number of benzene rings is 1. The van der Waals surface area contributed by atoms with Crippen molar-refractivity contribution >= 4 is 25.1 Å². The lowest BCUT2D eigenvalue weighted by Crippen LogP contribution is -2.38. The summed E-state index contributed by atoms with van der Waals surface area (Å²) in [4.78, 5) is 16.6. The molecule has 13 nitrogen and oxygen atoms in total. The molecule has 210 valence electrons. The summed E-state index contributed by atoms with van der Waals surface area (Å²) in [5.74, 6) is -1.08. The SMILES string of the molecule is C[C@H](NP(=O)(OC[C@H]1C[C@@H](c2ccc3c(N)ncnn23)[C@H](O)[C@@H]1O)Oc1ccccc1)C(=O)O[C@H]1CCNC1. The highest BCUT2D eigenvalue weighted by Gasteiger charge is 2.45. The summed E-state index contributed by atoms with van der Waals surface area (Å²) in [7, 11) is -4.12. The standard InChI is InChI=1S/C25H33N6O7P/c1-15(25(34)37-18-9-10-27-12-18)30-39(35,38-17-5-3-2-4-6-17)36-13-16-11-19(23(33)22(16)32)20-7-8-21-24(26)28-14-29-31(20)21/h2-8,14-16,18-19,22-23,27,32-33H,9-13H2,1H3,(H,30,35)(H2,26,28,29)/t15-,16+,18-,19-,22+,23-,39?/m0/s1. The zero-order chi connectivity index (χ0) is 27.6. The van der Waals surface area contributed by atoms with Gasteiger partial charge in [-0.15, -0.1) is 0 Å². The molecule has 0 bridgehead atoms. The number of fused-ring (bicyclic) bond motifs is 1. The monoisotopic (exact) mass is 560 g/mol. The molecule has 1 saturated heterocycles. The number of aromatic nitrogens is 3. The third kappa shape index (κ3) is 6.08. The van der Waals surface area contributed by atoms with Gasteiger partial charge in [0.2, 0.25) is 0 Å². The van der Waals surface area contributed by atoms with E-state index in [0.717, 1.165) is 6.54 Å². The van der Waals surface area contributed by atoms with Gasteiger partial charge in [0.25, 0.3) is 0 Å². The highest BCUT2D eigenvalue weighted by molar-refractivity contribution is 7.52. The molecule has 1 aromatic carbocycles. The van der Waals surface area contributed by atoms with E-state index in [1.807, 2.05) is 0 Å². The fraction of sp³-hybridized carbons (Fsp3) is 0.480. The average Bonchev–Trinajstić information content (AvgIpc) is 3.65. The van der Waals surface area contributed by atoms with E-state index in [0.29, 0.717) is 36.4 Å². The van der Waals surface area contributed by atoms with Gasteiger partial charge in [0.1, 0.15) is 29.7 Å². The van der Waals surface area contributed by atoms with Gasteiger partial charge >= 0.3 is 13.7 Å². The highest BCUT2D eigenvalue weighted by Crippen LogP contribution is 2.47. The number of rotatable bonds is 10. The van der Waals surface area contributed by atoms with Crippen molar-refractivity contribution < 1.29 is 33.4 Å². The summed E-state index contributed by atoms with van der Waals surface area (Å²) in [6, 6.07) is 11.0. The highest BCUT2D eigenvalue weighted by atomic mass is 31.2. The minimum absolute atomic E-state index is 0.208. The van der Waals surface area contributed by atoms with E-state index in [2.05, 4.69) is 20.5 Å². The number of nitrogen functional groups attached to an aromatic ring is 1. The largest absolute Gasteiger partial charge is 0.460 e. The van der Waals surface area contributed by atoms with Gasteiger partial charge in [-0.05, 0) is 50.6 Å². The van der Waals surface area contributed by atoms with Crippen LogP contribution in [0.15, 0.2) is 48.8 Å². The topological polar surface area (TPSA) is 183 Å². The van der Waals surface area contributed by atoms with Crippen molar-refractivity contribution in [1.82, 2.24) is 25.0 Å². The first-order chi connectivity index (χ1) is 18.7. The van der Waals surface area contributed by atoms with Gasteiger partial charge in [-0.3, -0.25) is 9.32 Å². The fourth-order valence-corrected chi connectivity index (χ4v) is 6.57. The van der Waals surface area contributed by atoms with Crippen molar-refractivity contribution in [3.8, 4) is 5.75 Å². The van der Waals surface area contributed by atoms with Gasteiger partial charge in [-0.1, -0.05) is 18.2 Å². The molecule has 3 heterocycles. The molecule has 3 aromatic rings. The second-order valence-corrected chi connectivity index (χ2v) is 11.6. The maximum absolute atomic E-state index is 13.8. The Morgan fingerprint density at radius 3 is 2.79 bits per heavy atom. The smallest absolute Gasteiger partial charge is 0.459 e. The zero-order valence-corrected chi connectivity index (χ0v) is 22.3. The van der Waals surface area contributed by atoms with Crippen LogP contribution in [-0.2, 0) is 18.6 Å². The average molecular weight is 561 g/mol. The van der Waals surface area contributed by atoms with E-state index < -0.39 is 43.8 Å².